The second-order valence-electron chi connectivity index (χ2n) is 8.21. The van der Waals surface area contributed by atoms with E-state index in [0.29, 0.717) is 51.9 Å². The maximum absolute atomic E-state index is 12.2. The molecule has 0 aliphatic carbocycles. The number of carbonyl (C=O) groups excluding carboxylic acids is 1. The number of anilines is 1. The number of carbonyl (C=O) groups is 1. The van der Waals surface area contributed by atoms with Gasteiger partial charge < -0.3 is 29.9 Å². The van der Waals surface area contributed by atoms with Crippen molar-refractivity contribution < 1.29 is 14.3 Å². The van der Waals surface area contributed by atoms with Gasteiger partial charge >= 0.3 is 6.09 Å². The summed E-state index contributed by atoms with van der Waals surface area (Å²) in [6.45, 7) is 11.6. The molecule has 0 atom stereocenters. The van der Waals surface area contributed by atoms with Gasteiger partial charge in [-0.3, -0.25) is 0 Å². The van der Waals surface area contributed by atoms with Gasteiger partial charge in [0.1, 0.15) is 11.4 Å². The molecule has 1 aromatic heterocycles. The van der Waals surface area contributed by atoms with E-state index in [1.807, 2.05) is 37.8 Å². The van der Waals surface area contributed by atoms with Crippen LogP contribution in [0, 0.1) is 0 Å². The molecular weight excluding hydrogens is 499 g/mol. The number of pyridine rings is 1. The number of rotatable bonds is 3. The van der Waals surface area contributed by atoms with E-state index >= 15 is 0 Å². The highest BCUT2D eigenvalue weighted by Gasteiger charge is 2.26. The molecule has 3 heterocycles. The lowest BCUT2D eigenvalue weighted by Gasteiger charge is -2.36. The molecule has 0 bridgehead atoms. The molecule has 2 aliphatic heterocycles. The summed E-state index contributed by atoms with van der Waals surface area (Å²) in [5.74, 6) is 1.44. The molecule has 1 aromatic rings. The van der Waals surface area contributed by atoms with Crippen molar-refractivity contribution in [1.82, 2.24) is 14.8 Å². The first-order chi connectivity index (χ1) is 13.8. The van der Waals surface area contributed by atoms with E-state index < -0.39 is 5.60 Å². The van der Waals surface area contributed by atoms with Crippen molar-refractivity contribution in [2.24, 2.45) is 10.7 Å². The van der Waals surface area contributed by atoms with Crippen LogP contribution in [0.4, 0.5) is 10.6 Å². The average molecular weight is 532 g/mol. The van der Waals surface area contributed by atoms with Gasteiger partial charge in [0.05, 0.1) is 19.8 Å². The van der Waals surface area contributed by atoms with Gasteiger partial charge in [0, 0.05) is 51.0 Å². The molecule has 2 saturated heterocycles. The van der Waals surface area contributed by atoms with E-state index in [0.717, 1.165) is 24.5 Å². The molecule has 2 N–H and O–H groups in total. The summed E-state index contributed by atoms with van der Waals surface area (Å²) in [5, 5.41) is 0. The Balaban J connectivity index is 0.00000320. The Bertz CT molecular complexity index is 725. The molecule has 0 unspecified atom stereocenters. The molecule has 0 saturated carbocycles. The summed E-state index contributed by atoms with van der Waals surface area (Å²) < 4.78 is 10.9. The van der Waals surface area contributed by atoms with Crippen molar-refractivity contribution in [2.75, 3.05) is 57.4 Å². The van der Waals surface area contributed by atoms with Gasteiger partial charge in [-0.1, -0.05) is 6.07 Å². The highest BCUT2D eigenvalue weighted by atomic mass is 127. The average Bonchev–Trinajstić information content (AvgIpc) is 2.72. The lowest BCUT2D eigenvalue weighted by atomic mass is 10.2. The van der Waals surface area contributed by atoms with Crippen molar-refractivity contribution in [3.05, 3.63) is 23.9 Å². The molecule has 30 heavy (non-hydrogen) atoms. The molecule has 2 fully saturated rings. The van der Waals surface area contributed by atoms with E-state index in [2.05, 4.69) is 14.9 Å². The Kier molecular flexibility index (Phi) is 8.95. The van der Waals surface area contributed by atoms with Gasteiger partial charge in [-0.05, 0) is 26.8 Å². The zero-order valence-electron chi connectivity index (χ0n) is 18.0. The van der Waals surface area contributed by atoms with E-state index in [-0.39, 0.29) is 30.1 Å². The molecular formula is C20H33IN6O3. The van der Waals surface area contributed by atoms with E-state index in [1.54, 1.807) is 11.1 Å². The van der Waals surface area contributed by atoms with Crippen LogP contribution < -0.4 is 10.6 Å². The number of morpholine rings is 1. The van der Waals surface area contributed by atoms with E-state index in [1.165, 1.54) is 0 Å². The van der Waals surface area contributed by atoms with Crippen LogP contribution in [0.25, 0.3) is 0 Å². The molecule has 0 radical (unpaired) electrons. The maximum Gasteiger partial charge on any atom is 0.410 e. The molecule has 1 amide bonds. The summed E-state index contributed by atoms with van der Waals surface area (Å²) in [6, 6.07) is 3.96. The predicted octanol–water partition coefficient (Wildman–Crippen LogP) is 1.90. The second kappa shape index (κ2) is 11.0. The Morgan fingerprint density at radius 2 is 1.80 bits per heavy atom. The number of nitrogens with zero attached hydrogens (tertiary/aromatic N) is 5. The monoisotopic (exact) mass is 532 g/mol. The highest BCUT2D eigenvalue weighted by Crippen LogP contribution is 2.19. The third-order valence-corrected chi connectivity index (χ3v) is 4.84. The van der Waals surface area contributed by atoms with Crippen LogP contribution >= 0.6 is 24.0 Å². The fourth-order valence-corrected chi connectivity index (χ4v) is 3.32. The number of guanidine groups is 1. The highest BCUT2D eigenvalue weighted by molar-refractivity contribution is 14.0. The summed E-state index contributed by atoms with van der Waals surface area (Å²) in [7, 11) is 0. The summed E-state index contributed by atoms with van der Waals surface area (Å²) >= 11 is 0. The third kappa shape index (κ3) is 6.86. The Morgan fingerprint density at radius 3 is 2.43 bits per heavy atom. The van der Waals surface area contributed by atoms with Crippen LogP contribution in [0.5, 0.6) is 0 Å². The quantitative estimate of drug-likeness (QED) is 0.361. The predicted molar refractivity (Wildman–Crippen MR) is 127 cm³/mol. The number of ether oxygens (including phenoxy) is 2. The number of hydrogen-bond donors (Lipinski definition) is 1. The maximum atomic E-state index is 12.2. The van der Waals surface area contributed by atoms with Gasteiger partial charge in [0.25, 0.3) is 0 Å². The van der Waals surface area contributed by atoms with Crippen LogP contribution in [-0.4, -0.2) is 84.9 Å². The van der Waals surface area contributed by atoms with Gasteiger partial charge in [0.2, 0.25) is 0 Å². The zero-order valence-corrected chi connectivity index (χ0v) is 20.4. The van der Waals surface area contributed by atoms with Gasteiger partial charge in [-0.25, -0.2) is 14.8 Å². The van der Waals surface area contributed by atoms with Gasteiger partial charge in [-0.2, -0.15) is 0 Å². The van der Waals surface area contributed by atoms with Gasteiger partial charge in [-0.15, -0.1) is 24.0 Å². The van der Waals surface area contributed by atoms with Crippen molar-refractivity contribution in [2.45, 2.75) is 32.9 Å². The SMILES string of the molecule is CC(C)(C)OC(=O)N1CCN(C(N)=NCc2cccnc2N2CCOCC2)CC1.I. The van der Waals surface area contributed by atoms with Crippen molar-refractivity contribution in [3.8, 4) is 0 Å². The van der Waals surface area contributed by atoms with Crippen LogP contribution in [-0.2, 0) is 16.0 Å². The fourth-order valence-electron chi connectivity index (χ4n) is 3.32. The minimum atomic E-state index is -0.489. The van der Waals surface area contributed by atoms with E-state index in [9.17, 15) is 4.79 Å². The Morgan fingerprint density at radius 1 is 1.17 bits per heavy atom. The van der Waals surface area contributed by atoms with Crippen molar-refractivity contribution >= 4 is 41.8 Å². The second-order valence-corrected chi connectivity index (χ2v) is 8.21. The van der Waals surface area contributed by atoms with Crippen LogP contribution in [0.3, 0.4) is 0 Å². The van der Waals surface area contributed by atoms with Crippen LogP contribution in [0.2, 0.25) is 0 Å². The molecule has 9 nitrogen and oxygen atoms in total. The molecule has 2 aliphatic rings. The zero-order chi connectivity index (χ0) is 20.9. The summed E-state index contributed by atoms with van der Waals surface area (Å²) in [6.07, 6.45) is 1.52. The first-order valence-electron chi connectivity index (χ1n) is 10.1. The number of aliphatic imine (C=N–C) groups is 1. The number of halogens is 1. The van der Waals surface area contributed by atoms with Gasteiger partial charge in [0.15, 0.2) is 5.96 Å². The molecule has 168 valence electrons. The smallest absolute Gasteiger partial charge is 0.410 e. The minimum Gasteiger partial charge on any atom is -0.444 e. The Labute approximate surface area is 195 Å². The van der Waals surface area contributed by atoms with Crippen molar-refractivity contribution in [1.29, 1.82) is 0 Å². The lowest BCUT2D eigenvalue weighted by molar-refractivity contribution is 0.0186. The first-order valence-corrected chi connectivity index (χ1v) is 10.1. The largest absolute Gasteiger partial charge is 0.444 e. The normalized spacial score (nSPS) is 18.1. The Hall–Kier alpha value is -1.82. The first kappa shape index (κ1) is 24.4. The topological polar surface area (TPSA) is 96.5 Å². The molecule has 0 aromatic carbocycles. The van der Waals surface area contributed by atoms with E-state index in [4.69, 9.17) is 15.2 Å². The molecule has 3 rings (SSSR count). The third-order valence-electron chi connectivity index (χ3n) is 4.84. The number of amides is 1. The summed E-state index contributed by atoms with van der Waals surface area (Å²) in [5.41, 5.74) is 6.79. The number of hydrogen-bond acceptors (Lipinski definition) is 6. The fraction of sp³-hybridized carbons (Fsp3) is 0.650. The summed E-state index contributed by atoms with van der Waals surface area (Å²) in [4.78, 5) is 27.3. The number of nitrogens with two attached hydrogens (primary N) is 1. The lowest BCUT2D eigenvalue weighted by Crippen LogP contribution is -2.53. The minimum absolute atomic E-state index is 0. The van der Waals surface area contributed by atoms with Crippen LogP contribution in [0.1, 0.15) is 26.3 Å². The molecule has 0 spiro atoms. The van der Waals surface area contributed by atoms with Crippen LogP contribution in [0.15, 0.2) is 23.3 Å². The molecule has 10 heteroatoms. The number of piperazine rings is 1. The number of aromatic nitrogens is 1. The van der Waals surface area contributed by atoms with Crippen molar-refractivity contribution in [3.63, 3.8) is 0 Å². The standard InChI is InChI=1S/C20H32N6O3.HI/c1-20(2,3)29-19(27)26-9-7-25(8-10-26)18(21)23-15-16-5-4-6-22-17(16)24-11-13-28-14-12-24;/h4-6H,7-15H2,1-3H3,(H2,21,23);1H.